The molecule has 3 nitrogen and oxygen atoms in total. The van der Waals surface area contributed by atoms with Gasteiger partial charge in [0.25, 0.3) is 0 Å². The smallest absolute Gasteiger partial charge is 0.138 e. The van der Waals surface area contributed by atoms with E-state index in [9.17, 15) is 5.11 Å². The van der Waals surface area contributed by atoms with E-state index in [4.69, 9.17) is 9.15 Å². The molecule has 80 valence electrons. The molecule has 0 saturated carbocycles. The Kier molecular flexibility index (Phi) is 2.64. The molecule has 2 aromatic rings. The Hall–Kier alpha value is -1.48. The van der Waals surface area contributed by atoms with Crippen LogP contribution in [0.15, 0.2) is 28.7 Å². The predicted octanol–water partition coefficient (Wildman–Crippen LogP) is 3.06. The van der Waals surface area contributed by atoms with Crippen molar-refractivity contribution in [2.75, 3.05) is 0 Å². The van der Waals surface area contributed by atoms with E-state index in [-0.39, 0.29) is 11.9 Å². The third-order valence-electron chi connectivity index (χ3n) is 2.15. The molecule has 3 heteroatoms. The summed E-state index contributed by atoms with van der Waals surface area (Å²) in [7, 11) is 0. The maximum absolute atomic E-state index is 9.56. The lowest BCUT2D eigenvalue weighted by molar-refractivity contribution is 0.0553. The van der Waals surface area contributed by atoms with Gasteiger partial charge in [-0.15, -0.1) is 0 Å². The molecule has 0 aliphatic carbocycles. The van der Waals surface area contributed by atoms with Crippen LogP contribution in [0, 0.1) is 0 Å². The van der Waals surface area contributed by atoms with E-state index in [1.807, 2.05) is 26.0 Å². The van der Waals surface area contributed by atoms with E-state index in [1.54, 1.807) is 12.1 Å². The zero-order chi connectivity index (χ0) is 10.8. The number of benzene rings is 1. The average molecular weight is 206 g/mol. The van der Waals surface area contributed by atoms with Crippen molar-refractivity contribution >= 4 is 11.0 Å². The first-order chi connectivity index (χ1) is 7.16. The topological polar surface area (TPSA) is 42.6 Å². The Morgan fingerprint density at radius 2 is 2.20 bits per heavy atom. The lowest BCUT2D eigenvalue weighted by atomic mass is 10.2. The standard InChI is InChI=1S/C12H14O3/c1-8(2)14-7-9-6-10-11(13)4-3-5-12(10)15-9/h3-6,8,13H,7H2,1-2H3. The van der Waals surface area contributed by atoms with E-state index in [2.05, 4.69) is 0 Å². The summed E-state index contributed by atoms with van der Waals surface area (Å²) in [5.41, 5.74) is 0.692. The number of fused-ring (bicyclic) bond motifs is 1. The van der Waals surface area contributed by atoms with Crippen LogP contribution < -0.4 is 0 Å². The Bertz CT molecular complexity index is 457. The van der Waals surface area contributed by atoms with Crippen LogP contribution >= 0.6 is 0 Å². The van der Waals surface area contributed by atoms with Gasteiger partial charge in [-0.2, -0.15) is 0 Å². The fourth-order valence-electron chi connectivity index (χ4n) is 1.42. The third kappa shape index (κ3) is 2.13. The van der Waals surface area contributed by atoms with Crippen LogP contribution in [0.1, 0.15) is 19.6 Å². The van der Waals surface area contributed by atoms with Crippen LogP contribution in [-0.4, -0.2) is 11.2 Å². The fraction of sp³-hybridized carbons (Fsp3) is 0.333. The van der Waals surface area contributed by atoms with Crippen molar-refractivity contribution in [1.82, 2.24) is 0 Å². The number of hydrogen-bond acceptors (Lipinski definition) is 3. The van der Waals surface area contributed by atoms with E-state index in [0.29, 0.717) is 12.2 Å². The van der Waals surface area contributed by atoms with E-state index in [0.717, 1.165) is 11.1 Å². The fourth-order valence-corrected chi connectivity index (χ4v) is 1.42. The second kappa shape index (κ2) is 3.95. The minimum absolute atomic E-state index is 0.173. The van der Waals surface area contributed by atoms with Gasteiger partial charge in [0.15, 0.2) is 0 Å². The zero-order valence-electron chi connectivity index (χ0n) is 8.86. The molecular weight excluding hydrogens is 192 g/mol. The summed E-state index contributed by atoms with van der Waals surface area (Å²) < 4.78 is 10.9. The van der Waals surface area contributed by atoms with Crippen molar-refractivity contribution in [3.05, 3.63) is 30.0 Å². The number of rotatable bonds is 3. The summed E-state index contributed by atoms with van der Waals surface area (Å²) in [6.45, 7) is 4.38. The highest BCUT2D eigenvalue weighted by atomic mass is 16.5. The highest BCUT2D eigenvalue weighted by Gasteiger charge is 2.07. The second-order valence-electron chi connectivity index (χ2n) is 3.76. The largest absolute Gasteiger partial charge is 0.507 e. The van der Waals surface area contributed by atoms with Gasteiger partial charge in [-0.3, -0.25) is 0 Å². The molecule has 0 aliphatic rings. The van der Waals surface area contributed by atoms with Gasteiger partial charge in [0, 0.05) is 0 Å². The molecule has 15 heavy (non-hydrogen) atoms. The highest BCUT2D eigenvalue weighted by Crippen LogP contribution is 2.27. The number of phenolic OH excluding ortho intramolecular Hbond substituents is 1. The normalized spacial score (nSPS) is 11.4. The van der Waals surface area contributed by atoms with Crippen molar-refractivity contribution < 1.29 is 14.3 Å². The summed E-state index contributed by atoms with van der Waals surface area (Å²) in [6.07, 6.45) is 0.173. The number of aromatic hydroxyl groups is 1. The molecule has 0 aliphatic heterocycles. The number of ether oxygens (including phenoxy) is 1. The lowest BCUT2D eigenvalue weighted by Crippen LogP contribution is -2.01. The van der Waals surface area contributed by atoms with Crippen molar-refractivity contribution in [3.8, 4) is 5.75 Å². The number of hydrogen-bond donors (Lipinski definition) is 1. The molecule has 0 saturated heterocycles. The van der Waals surface area contributed by atoms with Crippen LogP contribution in [0.25, 0.3) is 11.0 Å². The van der Waals surface area contributed by atoms with Crippen molar-refractivity contribution in [2.45, 2.75) is 26.6 Å². The molecule has 0 amide bonds. The average Bonchev–Trinajstić information content (AvgIpc) is 2.59. The van der Waals surface area contributed by atoms with Crippen LogP contribution in [0.3, 0.4) is 0 Å². The van der Waals surface area contributed by atoms with Gasteiger partial charge in [-0.05, 0) is 32.0 Å². The first kappa shape index (κ1) is 10.1. The molecule has 0 unspecified atom stereocenters. The summed E-state index contributed by atoms with van der Waals surface area (Å²) in [4.78, 5) is 0. The third-order valence-corrected chi connectivity index (χ3v) is 2.15. The molecular formula is C12H14O3. The monoisotopic (exact) mass is 206 g/mol. The Balaban J connectivity index is 2.27. The maximum Gasteiger partial charge on any atom is 0.138 e. The highest BCUT2D eigenvalue weighted by molar-refractivity contribution is 5.84. The first-order valence-corrected chi connectivity index (χ1v) is 4.99. The molecule has 0 atom stereocenters. The van der Waals surface area contributed by atoms with Gasteiger partial charge in [-0.25, -0.2) is 0 Å². The number of phenols is 1. The van der Waals surface area contributed by atoms with Gasteiger partial charge in [0.05, 0.1) is 11.5 Å². The molecule has 2 rings (SSSR count). The van der Waals surface area contributed by atoms with Gasteiger partial charge in [0.1, 0.15) is 23.7 Å². The predicted molar refractivity (Wildman–Crippen MR) is 57.8 cm³/mol. The molecule has 0 fully saturated rings. The molecule has 0 bridgehead atoms. The summed E-state index contributed by atoms with van der Waals surface area (Å²) >= 11 is 0. The Morgan fingerprint density at radius 3 is 2.87 bits per heavy atom. The van der Waals surface area contributed by atoms with Gasteiger partial charge < -0.3 is 14.3 Å². The van der Waals surface area contributed by atoms with Crippen LogP contribution in [0.2, 0.25) is 0 Å². The Morgan fingerprint density at radius 1 is 1.40 bits per heavy atom. The van der Waals surface area contributed by atoms with Gasteiger partial charge >= 0.3 is 0 Å². The van der Waals surface area contributed by atoms with Gasteiger partial charge in [0.2, 0.25) is 0 Å². The SMILES string of the molecule is CC(C)OCc1cc2c(O)cccc2o1. The van der Waals surface area contributed by atoms with Crippen molar-refractivity contribution in [2.24, 2.45) is 0 Å². The summed E-state index contributed by atoms with van der Waals surface area (Å²) in [5.74, 6) is 0.979. The zero-order valence-corrected chi connectivity index (χ0v) is 8.86. The number of furan rings is 1. The van der Waals surface area contributed by atoms with Crippen LogP contribution in [-0.2, 0) is 11.3 Å². The minimum atomic E-state index is 0.173. The molecule has 1 aromatic heterocycles. The van der Waals surface area contributed by atoms with Crippen molar-refractivity contribution in [3.63, 3.8) is 0 Å². The summed E-state index contributed by atoms with van der Waals surface area (Å²) in [6, 6.07) is 7.04. The Labute approximate surface area is 88.3 Å². The lowest BCUT2D eigenvalue weighted by Gasteiger charge is -2.03. The quantitative estimate of drug-likeness (QED) is 0.839. The van der Waals surface area contributed by atoms with Crippen LogP contribution in [0.4, 0.5) is 0 Å². The molecule has 0 radical (unpaired) electrons. The molecule has 1 N–H and O–H groups in total. The molecule has 1 heterocycles. The second-order valence-corrected chi connectivity index (χ2v) is 3.76. The minimum Gasteiger partial charge on any atom is -0.507 e. The van der Waals surface area contributed by atoms with Gasteiger partial charge in [-0.1, -0.05) is 6.07 Å². The van der Waals surface area contributed by atoms with Crippen LogP contribution in [0.5, 0.6) is 5.75 Å². The van der Waals surface area contributed by atoms with E-state index >= 15 is 0 Å². The van der Waals surface area contributed by atoms with E-state index in [1.165, 1.54) is 0 Å². The maximum atomic E-state index is 9.56. The molecule has 0 spiro atoms. The first-order valence-electron chi connectivity index (χ1n) is 4.99. The summed E-state index contributed by atoms with van der Waals surface area (Å²) in [5, 5.41) is 10.3. The van der Waals surface area contributed by atoms with Crippen molar-refractivity contribution in [1.29, 1.82) is 0 Å². The van der Waals surface area contributed by atoms with E-state index < -0.39 is 0 Å². The molecule has 1 aromatic carbocycles.